The van der Waals surface area contributed by atoms with E-state index in [1.54, 1.807) is 4.90 Å². The topological polar surface area (TPSA) is 49.9 Å². The van der Waals surface area contributed by atoms with Gasteiger partial charge in [-0.25, -0.2) is 4.79 Å². The first kappa shape index (κ1) is 19.6. The summed E-state index contributed by atoms with van der Waals surface area (Å²) in [5.41, 5.74) is 0.955. The summed E-state index contributed by atoms with van der Waals surface area (Å²) in [5, 5.41) is 0. The molecule has 1 aromatic rings. The Hall–Kier alpha value is -1.75. The van der Waals surface area contributed by atoms with Crippen molar-refractivity contribution in [3.05, 3.63) is 35.9 Å². The number of likely N-dealkylation sites (tertiary alicyclic amines) is 1. The maximum absolute atomic E-state index is 12.6. The molecule has 0 bridgehead atoms. The second-order valence-corrected chi connectivity index (χ2v) is 6.92. The third-order valence-corrected chi connectivity index (χ3v) is 4.76. The molecule has 1 saturated heterocycles. The van der Waals surface area contributed by atoms with E-state index < -0.39 is 0 Å². The first-order chi connectivity index (χ1) is 12.0. The summed E-state index contributed by atoms with van der Waals surface area (Å²) < 4.78 is 5.47. The van der Waals surface area contributed by atoms with E-state index in [4.69, 9.17) is 16.3 Å². The molecule has 25 heavy (non-hydrogen) atoms. The second kappa shape index (κ2) is 9.66. The Kier molecular flexibility index (Phi) is 7.56. The molecule has 1 aliphatic heterocycles. The van der Waals surface area contributed by atoms with Gasteiger partial charge in [-0.1, -0.05) is 30.3 Å². The Morgan fingerprint density at radius 2 is 2.00 bits per heavy atom. The number of halogens is 1. The SMILES string of the molecule is CC(C)N(CC1CCCCN1C(=O)CCl)C(=O)OCc1ccccc1. The van der Waals surface area contributed by atoms with Crippen molar-refractivity contribution in [3.63, 3.8) is 0 Å². The van der Waals surface area contributed by atoms with Crippen molar-refractivity contribution >= 4 is 23.6 Å². The van der Waals surface area contributed by atoms with Crippen LogP contribution in [0, 0.1) is 0 Å². The number of hydrogen-bond donors (Lipinski definition) is 0. The van der Waals surface area contributed by atoms with Gasteiger partial charge in [0.1, 0.15) is 12.5 Å². The predicted octanol–water partition coefficient (Wildman–Crippen LogP) is 3.65. The van der Waals surface area contributed by atoms with Crippen molar-refractivity contribution in [2.45, 2.75) is 51.8 Å². The van der Waals surface area contributed by atoms with Gasteiger partial charge in [0, 0.05) is 25.2 Å². The van der Waals surface area contributed by atoms with Gasteiger partial charge in [-0.05, 0) is 38.7 Å². The van der Waals surface area contributed by atoms with Gasteiger partial charge in [0.2, 0.25) is 5.91 Å². The summed E-state index contributed by atoms with van der Waals surface area (Å²) in [7, 11) is 0. The molecule has 1 atom stereocenters. The van der Waals surface area contributed by atoms with Crippen molar-refractivity contribution in [1.29, 1.82) is 0 Å². The number of alkyl halides is 1. The fourth-order valence-corrected chi connectivity index (χ4v) is 3.27. The van der Waals surface area contributed by atoms with E-state index in [1.165, 1.54) is 0 Å². The number of hydrogen-bond acceptors (Lipinski definition) is 3. The fraction of sp³-hybridized carbons (Fsp3) is 0.579. The van der Waals surface area contributed by atoms with Crippen LogP contribution in [0.1, 0.15) is 38.7 Å². The van der Waals surface area contributed by atoms with Crippen molar-refractivity contribution in [3.8, 4) is 0 Å². The largest absolute Gasteiger partial charge is 0.445 e. The highest BCUT2D eigenvalue weighted by molar-refractivity contribution is 6.27. The summed E-state index contributed by atoms with van der Waals surface area (Å²) in [4.78, 5) is 28.1. The third-order valence-electron chi connectivity index (χ3n) is 4.53. The Morgan fingerprint density at radius 1 is 1.28 bits per heavy atom. The molecular formula is C19H27ClN2O3. The molecule has 0 N–H and O–H groups in total. The lowest BCUT2D eigenvalue weighted by Crippen LogP contribution is -2.52. The minimum absolute atomic E-state index is 0.00171. The second-order valence-electron chi connectivity index (χ2n) is 6.66. The lowest BCUT2D eigenvalue weighted by molar-refractivity contribution is -0.132. The molecule has 1 fully saturated rings. The van der Waals surface area contributed by atoms with Gasteiger partial charge in [-0.15, -0.1) is 11.6 Å². The standard InChI is InChI=1S/C19H27ClN2O3/c1-15(2)22(19(24)25-14-16-8-4-3-5-9-16)13-17-10-6-7-11-21(17)18(23)12-20/h3-5,8-9,15,17H,6-7,10-14H2,1-2H3. The van der Waals surface area contributed by atoms with Crippen LogP contribution in [0.15, 0.2) is 30.3 Å². The third kappa shape index (κ3) is 5.63. The van der Waals surface area contributed by atoms with Crippen molar-refractivity contribution in [2.75, 3.05) is 19.0 Å². The summed E-state index contributed by atoms with van der Waals surface area (Å²) in [6.45, 7) is 5.35. The highest BCUT2D eigenvalue weighted by Crippen LogP contribution is 2.20. The maximum atomic E-state index is 12.6. The van der Waals surface area contributed by atoms with Crippen LogP contribution >= 0.6 is 11.6 Å². The number of rotatable bonds is 6. The van der Waals surface area contributed by atoms with E-state index in [2.05, 4.69) is 0 Å². The van der Waals surface area contributed by atoms with E-state index >= 15 is 0 Å². The highest BCUT2D eigenvalue weighted by atomic mass is 35.5. The average molecular weight is 367 g/mol. The Balaban J connectivity index is 1.98. The molecule has 138 valence electrons. The Labute approximate surface area is 154 Å². The molecule has 2 rings (SSSR count). The molecule has 0 aromatic heterocycles. The van der Waals surface area contributed by atoms with Gasteiger partial charge >= 0.3 is 6.09 Å². The van der Waals surface area contributed by atoms with Crippen LogP contribution in [0.5, 0.6) is 0 Å². The van der Waals surface area contributed by atoms with Gasteiger partial charge in [-0.2, -0.15) is 0 Å². The molecule has 2 amide bonds. The summed E-state index contributed by atoms with van der Waals surface area (Å²) >= 11 is 5.73. The predicted molar refractivity (Wildman–Crippen MR) is 98.5 cm³/mol. The lowest BCUT2D eigenvalue weighted by atomic mass is 10.0. The number of carbonyl (C=O) groups is 2. The van der Waals surface area contributed by atoms with Gasteiger partial charge in [-0.3, -0.25) is 4.79 Å². The molecule has 1 heterocycles. The van der Waals surface area contributed by atoms with E-state index in [0.29, 0.717) is 13.1 Å². The molecule has 0 aliphatic carbocycles. The lowest BCUT2D eigenvalue weighted by Gasteiger charge is -2.39. The zero-order valence-electron chi connectivity index (χ0n) is 15.0. The van der Waals surface area contributed by atoms with Crippen LogP contribution in [-0.4, -0.2) is 52.9 Å². The summed E-state index contributed by atoms with van der Waals surface area (Å²) in [6, 6.07) is 9.62. The summed E-state index contributed by atoms with van der Waals surface area (Å²) in [6.07, 6.45) is 2.58. The number of nitrogens with zero attached hydrogens (tertiary/aromatic N) is 2. The molecule has 0 spiro atoms. The molecule has 1 aliphatic rings. The Bertz CT molecular complexity index is 565. The van der Waals surface area contributed by atoms with Crippen molar-refractivity contribution < 1.29 is 14.3 Å². The first-order valence-electron chi connectivity index (χ1n) is 8.85. The maximum Gasteiger partial charge on any atom is 0.410 e. The molecule has 0 radical (unpaired) electrons. The minimum atomic E-state index is -0.345. The van der Waals surface area contributed by atoms with E-state index in [0.717, 1.165) is 24.8 Å². The molecular weight excluding hydrogens is 340 g/mol. The van der Waals surface area contributed by atoms with Crippen LogP contribution in [0.2, 0.25) is 0 Å². The van der Waals surface area contributed by atoms with Crippen LogP contribution in [-0.2, 0) is 16.1 Å². The number of amides is 2. The number of carbonyl (C=O) groups excluding carboxylic acids is 2. The van der Waals surface area contributed by atoms with Crippen molar-refractivity contribution in [1.82, 2.24) is 9.80 Å². The number of benzene rings is 1. The zero-order valence-corrected chi connectivity index (χ0v) is 15.7. The van der Waals surface area contributed by atoms with Crippen LogP contribution in [0.4, 0.5) is 4.79 Å². The minimum Gasteiger partial charge on any atom is -0.445 e. The van der Waals surface area contributed by atoms with E-state index in [9.17, 15) is 9.59 Å². The number of ether oxygens (including phenoxy) is 1. The molecule has 1 aromatic carbocycles. The summed E-state index contributed by atoms with van der Waals surface area (Å²) in [5.74, 6) is -0.0795. The quantitative estimate of drug-likeness (QED) is 0.722. The fourth-order valence-electron chi connectivity index (χ4n) is 3.12. The molecule has 5 nitrogen and oxygen atoms in total. The smallest absolute Gasteiger partial charge is 0.410 e. The average Bonchev–Trinajstić information content (AvgIpc) is 2.64. The monoisotopic (exact) mass is 366 g/mol. The first-order valence-corrected chi connectivity index (χ1v) is 9.39. The van der Waals surface area contributed by atoms with Crippen LogP contribution < -0.4 is 0 Å². The highest BCUT2D eigenvalue weighted by Gasteiger charge is 2.30. The van der Waals surface area contributed by atoms with Crippen molar-refractivity contribution in [2.24, 2.45) is 0 Å². The van der Waals surface area contributed by atoms with Gasteiger partial charge in [0.05, 0.1) is 0 Å². The van der Waals surface area contributed by atoms with E-state index in [1.807, 2.05) is 49.1 Å². The van der Waals surface area contributed by atoms with Gasteiger partial charge in [0.25, 0.3) is 0 Å². The van der Waals surface area contributed by atoms with E-state index in [-0.39, 0.29) is 36.6 Å². The molecule has 0 saturated carbocycles. The Morgan fingerprint density at radius 3 is 2.64 bits per heavy atom. The molecule has 1 unspecified atom stereocenters. The number of piperidine rings is 1. The van der Waals surface area contributed by atoms with Gasteiger partial charge in [0.15, 0.2) is 0 Å². The normalized spacial score (nSPS) is 17.4. The van der Waals surface area contributed by atoms with Gasteiger partial charge < -0.3 is 14.5 Å². The van der Waals surface area contributed by atoms with Crippen LogP contribution in [0.3, 0.4) is 0 Å². The molecule has 6 heteroatoms. The van der Waals surface area contributed by atoms with Crippen LogP contribution in [0.25, 0.3) is 0 Å². The zero-order chi connectivity index (χ0) is 18.2.